The van der Waals surface area contributed by atoms with Crippen molar-refractivity contribution in [2.45, 2.75) is 26.9 Å². The molecule has 22 heavy (non-hydrogen) atoms. The van der Waals surface area contributed by atoms with Crippen molar-refractivity contribution in [2.24, 2.45) is 0 Å². The molecule has 0 aliphatic rings. The lowest BCUT2D eigenvalue weighted by molar-refractivity contribution is 0.307. The van der Waals surface area contributed by atoms with E-state index in [4.69, 9.17) is 0 Å². The largest absolute Gasteiger partial charge is 0.334 e. The Morgan fingerprint density at radius 3 is 2.91 bits per heavy atom. The zero-order chi connectivity index (χ0) is 15.7. The van der Waals surface area contributed by atoms with Crippen LogP contribution in [-0.4, -0.2) is 37.4 Å². The van der Waals surface area contributed by atoms with Gasteiger partial charge in [-0.1, -0.05) is 0 Å². The normalized spacial score (nSPS) is 11.6. The van der Waals surface area contributed by atoms with Gasteiger partial charge in [-0.3, -0.25) is 14.1 Å². The fourth-order valence-electron chi connectivity index (χ4n) is 2.41. The smallest absolute Gasteiger partial charge is 0.258 e. The van der Waals surface area contributed by atoms with Crippen molar-refractivity contribution >= 4 is 16.3 Å². The quantitative estimate of drug-likeness (QED) is 0.719. The fourth-order valence-corrected chi connectivity index (χ4v) is 3.26. The van der Waals surface area contributed by atoms with Crippen molar-refractivity contribution in [2.75, 3.05) is 13.6 Å². The molecule has 7 heteroatoms. The number of hydrogen-bond donors (Lipinski definition) is 0. The Labute approximate surface area is 132 Å². The highest BCUT2D eigenvalue weighted by Crippen LogP contribution is 2.13. The van der Waals surface area contributed by atoms with E-state index in [1.165, 1.54) is 0 Å². The van der Waals surface area contributed by atoms with Crippen molar-refractivity contribution in [1.82, 2.24) is 23.8 Å². The van der Waals surface area contributed by atoms with Crippen LogP contribution in [0, 0.1) is 13.8 Å². The highest BCUT2D eigenvalue weighted by atomic mass is 32.1. The van der Waals surface area contributed by atoms with E-state index in [0.717, 1.165) is 34.4 Å². The second-order valence-electron chi connectivity index (χ2n) is 5.49. The average molecular weight is 317 g/mol. The van der Waals surface area contributed by atoms with Gasteiger partial charge in [-0.05, 0) is 20.9 Å². The summed E-state index contributed by atoms with van der Waals surface area (Å²) in [6.07, 6.45) is 5.63. The van der Waals surface area contributed by atoms with Gasteiger partial charge in [0.25, 0.3) is 5.56 Å². The Balaban J connectivity index is 1.69. The molecule has 116 valence electrons. The van der Waals surface area contributed by atoms with Crippen LogP contribution in [0.1, 0.15) is 16.4 Å². The minimum atomic E-state index is -0.0109. The summed E-state index contributed by atoms with van der Waals surface area (Å²) in [6.45, 7) is 6.40. The van der Waals surface area contributed by atoms with Crippen molar-refractivity contribution < 1.29 is 0 Å². The summed E-state index contributed by atoms with van der Waals surface area (Å²) in [4.78, 5) is 24.9. The van der Waals surface area contributed by atoms with Crippen molar-refractivity contribution in [3.8, 4) is 0 Å². The highest BCUT2D eigenvalue weighted by molar-refractivity contribution is 7.16. The van der Waals surface area contributed by atoms with E-state index in [0.29, 0.717) is 6.54 Å². The number of thiazole rings is 1. The van der Waals surface area contributed by atoms with Crippen LogP contribution in [0.4, 0.5) is 0 Å². The lowest BCUT2D eigenvalue weighted by atomic mass is 10.3. The number of imidazole rings is 1. The van der Waals surface area contributed by atoms with E-state index in [1.807, 2.05) is 39.5 Å². The number of aryl methyl sites for hydroxylation is 2. The monoisotopic (exact) mass is 317 g/mol. The molecular weight excluding hydrogens is 298 g/mol. The summed E-state index contributed by atoms with van der Waals surface area (Å²) in [5.41, 5.74) is 0.805. The summed E-state index contributed by atoms with van der Waals surface area (Å²) in [6, 6.07) is 1.62. The molecule has 0 saturated carbocycles. The van der Waals surface area contributed by atoms with Crippen LogP contribution in [0.3, 0.4) is 0 Å². The Kier molecular flexibility index (Phi) is 4.08. The molecule has 0 bridgehead atoms. The molecule has 3 aromatic heterocycles. The van der Waals surface area contributed by atoms with Crippen molar-refractivity contribution in [3.63, 3.8) is 0 Å². The summed E-state index contributed by atoms with van der Waals surface area (Å²) in [5, 5.41) is 0. The zero-order valence-corrected chi connectivity index (χ0v) is 13.8. The van der Waals surface area contributed by atoms with Gasteiger partial charge in [0, 0.05) is 49.2 Å². The fraction of sp³-hybridized carbons (Fsp3) is 0.400. The molecule has 0 saturated heterocycles. The maximum absolute atomic E-state index is 12.1. The van der Waals surface area contributed by atoms with Crippen LogP contribution in [-0.2, 0) is 13.1 Å². The molecule has 0 aliphatic carbocycles. The predicted octanol–water partition coefficient (Wildman–Crippen LogP) is 1.70. The predicted molar refractivity (Wildman–Crippen MR) is 87.4 cm³/mol. The first-order chi connectivity index (χ1) is 10.5. The van der Waals surface area contributed by atoms with Gasteiger partial charge in [0.15, 0.2) is 4.96 Å². The minimum Gasteiger partial charge on any atom is -0.334 e. The number of fused-ring (bicyclic) bond motifs is 1. The number of aromatic nitrogens is 4. The molecule has 0 aromatic carbocycles. The van der Waals surface area contributed by atoms with E-state index in [1.54, 1.807) is 21.8 Å². The van der Waals surface area contributed by atoms with Crippen molar-refractivity contribution in [3.05, 3.63) is 51.4 Å². The minimum absolute atomic E-state index is 0.0109. The third-order valence-corrected chi connectivity index (χ3v) is 4.51. The molecule has 3 aromatic rings. The van der Waals surface area contributed by atoms with Gasteiger partial charge < -0.3 is 4.57 Å². The van der Waals surface area contributed by atoms with Crippen LogP contribution in [0.5, 0.6) is 0 Å². The van der Waals surface area contributed by atoms with E-state index in [-0.39, 0.29) is 5.56 Å². The van der Waals surface area contributed by atoms with E-state index in [2.05, 4.69) is 19.4 Å². The summed E-state index contributed by atoms with van der Waals surface area (Å²) in [7, 11) is 2.04. The summed E-state index contributed by atoms with van der Waals surface area (Å²) in [5.74, 6) is 1.01. The van der Waals surface area contributed by atoms with Crippen LogP contribution < -0.4 is 5.56 Å². The topological polar surface area (TPSA) is 55.4 Å². The summed E-state index contributed by atoms with van der Waals surface area (Å²) < 4.78 is 3.73. The third-order valence-electron chi connectivity index (χ3n) is 3.61. The number of nitrogens with zero attached hydrogens (tertiary/aromatic N) is 5. The molecule has 0 N–H and O–H groups in total. The first-order valence-corrected chi connectivity index (χ1v) is 7.99. The van der Waals surface area contributed by atoms with Gasteiger partial charge in [-0.2, -0.15) is 0 Å². The molecule has 0 atom stereocenters. The van der Waals surface area contributed by atoms with Crippen LogP contribution >= 0.6 is 11.3 Å². The van der Waals surface area contributed by atoms with Crippen LogP contribution in [0.15, 0.2) is 29.5 Å². The molecule has 6 nitrogen and oxygen atoms in total. The van der Waals surface area contributed by atoms with Gasteiger partial charge in [-0.15, -0.1) is 11.3 Å². The number of rotatable bonds is 5. The van der Waals surface area contributed by atoms with Gasteiger partial charge >= 0.3 is 0 Å². The van der Waals surface area contributed by atoms with Gasteiger partial charge in [0.05, 0.1) is 5.69 Å². The molecule has 0 aliphatic heterocycles. The zero-order valence-electron chi connectivity index (χ0n) is 13.0. The molecule has 3 heterocycles. The van der Waals surface area contributed by atoms with Gasteiger partial charge in [0.2, 0.25) is 0 Å². The first kappa shape index (κ1) is 14.9. The van der Waals surface area contributed by atoms with Crippen LogP contribution in [0.2, 0.25) is 0 Å². The third kappa shape index (κ3) is 3.10. The molecule has 0 radical (unpaired) electrons. The lowest BCUT2D eigenvalue weighted by Crippen LogP contribution is -2.25. The van der Waals surface area contributed by atoms with Crippen LogP contribution in [0.25, 0.3) is 4.96 Å². The Morgan fingerprint density at radius 1 is 1.36 bits per heavy atom. The average Bonchev–Trinajstić information content (AvgIpc) is 3.02. The lowest BCUT2D eigenvalue weighted by Gasteiger charge is -2.16. The molecule has 0 spiro atoms. The van der Waals surface area contributed by atoms with Gasteiger partial charge in [-0.25, -0.2) is 9.97 Å². The molecule has 0 fully saturated rings. The molecule has 0 amide bonds. The SMILES string of the molecule is Cc1cn2c(=O)cc(CN(C)CCn3ccnc3C)nc2s1. The molecule has 3 rings (SSSR count). The highest BCUT2D eigenvalue weighted by Gasteiger charge is 2.08. The maximum Gasteiger partial charge on any atom is 0.258 e. The van der Waals surface area contributed by atoms with Gasteiger partial charge in [0.1, 0.15) is 5.82 Å². The van der Waals surface area contributed by atoms with E-state index in [9.17, 15) is 4.79 Å². The molecule has 0 unspecified atom stereocenters. The standard InChI is InChI=1S/C15H19N5OS/c1-11-9-20-14(21)8-13(17-15(20)22-11)10-18(3)6-7-19-5-4-16-12(19)2/h4-5,8-9H,6-7,10H2,1-3H3. The maximum atomic E-state index is 12.1. The first-order valence-electron chi connectivity index (χ1n) is 7.18. The Bertz CT molecular complexity index is 847. The number of hydrogen-bond acceptors (Lipinski definition) is 5. The molecular formula is C15H19N5OS. The second kappa shape index (κ2) is 6.02. The Morgan fingerprint density at radius 2 is 2.18 bits per heavy atom. The van der Waals surface area contributed by atoms with E-state index >= 15 is 0 Å². The summed E-state index contributed by atoms with van der Waals surface area (Å²) >= 11 is 1.54. The Hall–Kier alpha value is -1.99. The van der Waals surface area contributed by atoms with Crippen molar-refractivity contribution in [1.29, 1.82) is 0 Å². The van der Waals surface area contributed by atoms with E-state index < -0.39 is 0 Å². The second-order valence-corrected chi connectivity index (χ2v) is 6.70. The number of likely N-dealkylation sites (N-methyl/N-ethyl adjacent to an activating group) is 1.